The zero-order chi connectivity index (χ0) is 12.1. The summed E-state index contributed by atoms with van der Waals surface area (Å²) in [6.07, 6.45) is 1.54. The summed E-state index contributed by atoms with van der Waals surface area (Å²) in [5.41, 5.74) is 1.40. The number of carboxylic acid groups (broad SMARTS) is 1. The second kappa shape index (κ2) is 5.32. The maximum absolute atomic E-state index is 11.2. The number of nitrogens with one attached hydrogen (secondary N) is 1. The van der Waals surface area contributed by atoms with Crippen LogP contribution in [0.15, 0.2) is 30.4 Å². The fourth-order valence-electron chi connectivity index (χ4n) is 0.998. The van der Waals surface area contributed by atoms with Gasteiger partial charge in [0.25, 0.3) is 0 Å². The van der Waals surface area contributed by atoms with Crippen LogP contribution in [-0.2, 0) is 9.59 Å². The minimum atomic E-state index is -1.42. The van der Waals surface area contributed by atoms with Gasteiger partial charge in [-0.05, 0) is 30.7 Å². The third-order valence-corrected chi connectivity index (χ3v) is 2.22. The molecule has 84 valence electrons. The molecule has 0 saturated carbocycles. The predicted octanol–water partition coefficient (Wildman–Crippen LogP) is 0.893. The Morgan fingerprint density at radius 2 is 2.06 bits per heavy atom. The number of hydrogen-bond acceptors (Lipinski definition) is 3. The van der Waals surface area contributed by atoms with Crippen LogP contribution in [0, 0.1) is 6.92 Å². The van der Waals surface area contributed by atoms with Gasteiger partial charge in [0.05, 0.1) is 5.97 Å². The van der Waals surface area contributed by atoms with Gasteiger partial charge in [0.1, 0.15) is 0 Å². The molecule has 5 heteroatoms. The standard InChI is InChI=1S/C11H10ClNO3/c1-7-2-3-8(6-9(7)12)13-10(14)4-5-11(15)16/h2-6H,1H3,(H,13,14)(H,15,16)/p-1. The molecule has 0 aliphatic rings. The zero-order valence-corrected chi connectivity index (χ0v) is 9.25. The van der Waals surface area contributed by atoms with E-state index in [1.807, 2.05) is 6.92 Å². The van der Waals surface area contributed by atoms with Crippen LogP contribution in [0.2, 0.25) is 5.02 Å². The summed E-state index contributed by atoms with van der Waals surface area (Å²) in [5.74, 6) is -1.97. The van der Waals surface area contributed by atoms with Crippen molar-refractivity contribution in [3.63, 3.8) is 0 Å². The Bertz CT molecular complexity index is 455. The van der Waals surface area contributed by atoms with Crippen LogP contribution in [0.1, 0.15) is 5.56 Å². The van der Waals surface area contributed by atoms with Gasteiger partial charge in [-0.15, -0.1) is 0 Å². The number of benzene rings is 1. The smallest absolute Gasteiger partial charge is 0.248 e. The summed E-state index contributed by atoms with van der Waals surface area (Å²) in [7, 11) is 0. The maximum Gasteiger partial charge on any atom is 0.248 e. The first kappa shape index (κ1) is 12.3. The van der Waals surface area contributed by atoms with Crippen molar-refractivity contribution < 1.29 is 14.7 Å². The molecule has 0 bridgehead atoms. The molecule has 0 aliphatic carbocycles. The molecule has 0 fully saturated rings. The normalized spacial score (nSPS) is 10.4. The Labute approximate surface area is 97.5 Å². The van der Waals surface area contributed by atoms with Gasteiger partial charge in [-0.2, -0.15) is 0 Å². The Hall–Kier alpha value is -1.81. The molecule has 16 heavy (non-hydrogen) atoms. The van der Waals surface area contributed by atoms with E-state index in [0.717, 1.165) is 11.6 Å². The van der Waals surface area contributed by atoms with E-state index in [-0.39, 0.29) is 0 Å². The van der Waals surface area contributed by atoms with Crippen LogP contribution in [0.25, 0.3) is 0 Å². The van der Waals surface area contributed by atoms with E-state index in [9.17, 15) is 14.7 Å². The van der Waals surface area contributed by atoms with Crippen molar-refractivity contribution in [3.8, 4) is 0 Å². The molecule has 1 rings (SSSR count). The highest BCUT2D eigenvalue weighted by Gasteiger charge is 2.00. The van der Waals surface area contributed by atoms with E-state index in [2.05, 4.69) is 5.32 Å². The van der Waals surface area contributed by atoms with Gasteiger partial charge in [0.15, 0.2) is 0 Å². The van der Waals surface area contributed by atoms with Crippen LogP contribution < -0.4 is 10.4 Å². The third kappa shape index (κ3) is 3.74. The van der Waals surface area contributed by atoms with Gasteiger partial charge in [0, 0.05) is 16.8 Å². The van der Waals surface area contributed by atoms with Gasteiger partial charge in [-0.1, -0.05) is 17.7 Å². The first-order chi connectivity index (χ1) is 7.49. The Morgan fingerprint density at radius 1 is 1.38 bits per heavy atom. The number of rotatable bonds is 3. The molecule has 0 heterocycles. The molecule has 0 aliphatic heterocycles. The lowest BCUT2D eigenvalue weighted by atomic mass is 10.2. The van der Waals surface area contributed by atoms with Gasteiger partial charge < -0.3 is 15.2 Å². The summed E-state index contributed by atoms with van der Waals surface area (Å²) < 4.78 is 0. The number of carbonyl (C=O) groups is 2. The number of hydrogen-bond donors (Lipinski definition) is 1. The van der Waals surface area contributed by atoms with E-state index >= 15 is 0 Å². The van der Waals surface area contributed by atoms with Crippen LogP contribution in [0.4, 0.5) is 5.69 Å². The Morgan fingerprint density at radius 3 is 2.62 bits per heavy atom. The van der Waals surface area contributed by atoms with Crippen molar-refractivity contribution >= 4 is 29.2 Å². The molecule has 1 aromatic carbocycles. The first-order valence-corrected chi connectivity index (χ1v) is 4.83. The van der Waals surface area contributed by atoms with Crippen molar-refractivity contribution in [2.75, 3.05) is 5.32 Å². The van der Waals surface area contributed by atoms with Gasteiger partial charge in [-0.25, -0.2) is 0 Å². The van der Waals surface area contributed by atoms with Crippen molar-refractivity contribution in [2.24, 2.45) is 0 Å². The second-order valence-corrected chi connectivity index (χ2v) is 3.51. The molecular formula is C11H9ClNO3-. The molecule has 0 aromatic heterocycles. The van der Waals surface area contributed by atoms with E-state index in [1.165, 1.54) is 0 Å². The van der Waals surface area contributed by atoms with Crippen molar-refractivity contribution in [1.29, 1.82) is 0 Å². The molecule has 0 spiro atoms. The fraction of sp³-hybridized carbons (Fsp3) is 0.0909. The highest BCUT2D eigenvalue weighted by molar-refractivity contribution is 6.31. The summed E-state index contributed by atoms with van der Waals surface area (Å²) >= 11 is 5.85. The largest absolute Gasteiger partial charge is 0.545 e. The summed E-state index contributed by atoms with van der Waals surface area (Å²) in [6.45, 7) is 1.84. The molecular weight excluding hydrogens is 230 g/mol. The maximum atomic E-state index is 11.2. The average molecular weight is 239 g/mol. The summed E-state index contributed by atoms with van der Waals surface area (Å²) in [6, 6.07) is 5.01. The fourth-order valence-corrected chi connectivity index (χ4v) is 1.18. The van der Waals surface area contributed by atoms with Crippen LogP contribution in [0.5, 0.6) is 0 Å². The molecule has 4 nitrogen and oxygen atoms in total. The SMILES string of the molecule is Cc1ccc(NC(=O)C=CC(=O)[O-])cc1Cl. The number of halogens is 1. The van der Waals surface area contributed by atoms with Gasteiger partial charge >= 0.3 is 0 Å². The molecule has 1 N–H and O–H groups in total. The van der Waals surface area contributed by atoms with Crippen molar-refractivity contribution in [3.05, 3.63) is 40.9 Å². The second-order valence-electron chi connectivity index (χ2n) is 3.11. The molecule has 0 atom stereocenters. The van der Waals surface area contributed by atoms with E-state index in [4.69, 9.17) is 11.6 Å². The number of carboxylic acids is 1. The number of aryl methyl sites for hydroxylation is 1. The van der Waals surface area contributed by atoms with Crippen LogP contribution in [0.3, 0.4) is 0 Å². The van der Waals surface area contributed by atoms with E-state index < -0.39 is 11.9 Å². The average Bonchev–Trinajstić information content (AvgIpc) is 2.21. The monoisotopic (exact) mass is 238 g/mol. The zero-order valence-electron chi connectivity index (χ0n) is 8.49. The first-order valence-electron chi connectivity index (χ1n) is 4.45. The third-order valence-electron chi connectivity index (χ3n) is 1.81. The predicted molar refractivity (Wildman–Crippen MR) is 59.0 cm³/mol. The molecule has 0 radical (unpaired) electrons. The summed E-state index contributed by atoms with van der Waals surface area (Å²) in [4.78, 5) is 21.2. The molecule has 0 saturated heterocycles. The quantitative estimate of drug-likeness (QED) is 0.796. The lowest BCUT2D eigenvalue weighted by molar-refractivity contribution is -0.297. The lowest BCUT2D eigenvalue weighted by Crippen LogP contribution is -2.20. The molecule has 0 unspecified atom stereocenters. The number of anilines is 1. The minimum absolute atomic E-state index is 0.503. The number of amides is 1. The van der Waals surface area contributed by atoms with Crippen molar-refractivity contribution in [1.82, 2.24) is 0 Å². The molecule has 1 amide bonds. The minimum Gasteiger partial charge on any atom is -0.545 e. The number of aliphatic carboxylic acids is 1. The van der Waals surface area contributed by atoms with E-state index in [0.29, 0.717) is 16.8 Å². The number of carbonyl (C=O) groups excluding carboxylic acids is 2. The van der Waals surface area contributed by atoms with Crippen LogP contribution >= 0.6 is 11.6 Å². The van der Waals surface area contributed by atoms with Gasteiger partial charge in [0.2, 0.25) is 5.91 Å². The highest BCUT2D eigenvalue weighted by atomic mass is 35.5. The van der Waals surface area contributed by atoms with Crippen LogP contribution in [-0.4, -0.2) is 11.9 Å². The van der Waals surface area contributed by atoms with Crippen molar-refractivity contribution in [2.45, 2.75) is 6.92 Å². The Balaban J connectivity index is 2.70. The summed E-state index contributed by atoms with van der Waals surface area (Å²) in [5, 5.41) is 13.0. The highest BCUT2D eigenvalue weighted by Crippen LogP contribution is 2.19. The van der Waals surface area contributed by atoms with Gasteiger partial charge in [-0.3, -0.25) is 4.79 Å². The Kier molecular flexibility index (Phi) is 4.08. The molecule has 1 aromatic rings. The van der Waals surface area contributed by atoms with E-state index in [1.54, 1.807) is 18.2 Å². The lowest BCUT2D eigenvalue weighted by Gasteiger charge is -2.04. The topological polar surface area (TPSA) is 69.2 Å².